The quantitative estimate of drug-likeness (QED) is 0.560. The first kappa shape index (κ1) is 18.8. The van der Waals surface area contributed by atoms with E-state index in [0.717, 1.165) is 11.3 Å². The van der Waals surface area contributed by atoms with E-state index in [9.17, 15) is 4.79 Å². The maximum Gasteiger partial charge on any atom is 0.329 e. The molecule has 0 fully saturated rings. The fourth-order valence-electron chi connectivity index (χ4n) is 2.35. The number of aryl methyl sites for hydroxylation is 1. The molecular weight excluding hydrogens is 318 g/mol. The fraction of sp³-hybridized carbons (Fsp3) is 0.350. The Morgan fingerprint density at radius 2 is 1.76 bits per heavy atom. The zero-order chi connectivity index (χ0) is 18.1. The molecule has 0 spiro atoms. The van der Waals surface area contributed by atoms with Gasteiger partial charge < -0.3 is 14.2 Å². The van der Waals surface area contributed by atoms with Gasteiger partial charge >= 0.3 is 5.97 Å². The largest absolute Gasteiger partial charge is 0.492 e. The van der Waals surface area contributed by atoms with Crippen LogP contribution in [0.3, 0.4) is 0 Å². The average Bonchev–Trinajstić information content (AvgIpc) is 2.64. The summed E-state index contributed by atoms with van der Waals surface area (Å²) in [4.78, 5) is 12.2. The molecule has 0 aromatic heterocycles. The van der Waals surface area contributed by atoms with Crippen LogP contribution < -0.4 is 14.8 Å². The summed E-state index contributed by atoms with van der Waals surface area (Å²) in [7, 11) is 1.37. The molecule has 0 bridgehead atoms. The molecule has 0 radical (unpaired) electrons. The molecule has 2 aromatic carbocycles. The van der Waals surface area contributed by atoms with E-state index in [0.29, 0.717) is 18.9 Å². The normalized spacial score (nSPS) is 12.9. The number of rotatable bonds is 9. The van der Waals surface area contributed by atoms with Gasteiger partial charge in [-0.3, -0.25) is 5.32 Å². The van der Waals surface area contributed by atoms with Gasteiger partial charge in [0, 0.05) is 6.54 Å². The van der Waals surface area contributed by atoms with Crippen LogP contribution in [0.4, 0.5) is 0 Å². The Morgan fingerprint density at radius 3 is 2.44 bits per heavy atom. The van der Waals surface area contributed by atoms with Gasteiger partial charge in [-0.2, -0.15) is 0 Å². The number of methoxy groups -OCH3 is 1. The van der Waals surface area contributed by atoms with Crippen molar-refractivity contribution in [2.45, 2.75) is 19.4 Å². The van der Waals surface area contributed by atoms with Gasteiger partial charge in [0.25, 0.3) is 0 Å². The molecule has 0 heterocycles. The van der Waals surface area contributed by atoms with Gasteiger partial charge in [0.15, 0.2) is 0 Å². The zero-order valence-electron chi connectivity index (χ0n) is 15.0. The fourth-order valence-corrected chi connectivity index (χ4v) is 2.35. The van der Waals surface area contributed by atoms with E-state index < -0.39 is 5.54 Å². The molecule has 134 valence electrons. The van der Waals surface area contributed by atoms with E-state index in [4.69, 9.17) is 14.2 Å². The minimum absolute atomic E-state index is 0.161. The van der Waals surface area contributed by atoms with E-state index in [1.54, 1.807) is 6.92 Å². The molecule has 0 aliphatic heterocycles. The van der Waals surface area contributed by atoms with Crippen molar-refractivity contribution in [3.8, 4) is 11.5 Å². The van der Waals surface area contributed by atoms with Crippen molar-refractivity contribution in [3.05, 3.63) is 60.2 Å². The summed E-state index contributed by atoms with van der Waals surface area (Å²) in [5.74, 6) is 1.14. The summed E-state index contributed by atoms with van der Waals surface area (Å²) in [6.45, 7) is 4.85. The van der Waals surface area contributed by atoms with Crippen LogP contribution in [0.15, 0.2) is 54.6 Å². The van der Waals surface area contributed by atoms with Crippen LogP contribution in [-0.4, -0.2) is 38.4 Å². The lowest BCUT2D eigenvalue weighted by Gasteiger charge is -2.28. The minimum Gasteiger partial charge on any atom is -0.492 e. The summed E-state index contributed by atoms with van der Waals surface area (Å²) in [6, 6.07) is 17.2. The van der Waals surface area contributed by atoms with Gasteiger partial charge in [-0.25, -0.2) is 4.79 Å². The maximum absolute atomic E-state index is 12.2. The van der Waals surface area contributed by atoms with E-state index in [1.807, 2.05) is 61.5 Å². The molecule has 5 heteroatoms. The molecule has 0 saturated carbocycles. The second-order valence-electron chi connectivity index (χ2n) is 6.02. The third kappa shape index (κ3) is 5.80. The predicted molar refractivity (Wildman–Crippen MR) is 97.0 cm³/mol. The number of nitrogens with one attached hydrogen (secondary N) is 1. The van der Waals surface area contributed by atoms with Gasteiger partial charge in [0.1, 0.15) is 30.3 Å². The van der Waals surface area contributed by atoms with Crippen LogP contribution in [0.1, 0.15) is 12.5 Å². The molecule has 0 aliphatic rings. The SMILES string of the molecule is COC(=O)[C@](C)(COc1ccccc1)NCCOc1cccc(C)c1. The Balaban J connectivity index is 1.87. The van der Waals surface area contributed by atoms with Gasteiger partial charge in [-0.05, 0) is 43.7 Å². The Bertz CT molecular complexity index is 674. The highest BCUT2D eigenvalue weighted by Gasteiger charge is 2.35. The molecule has 1 atom stereocenters. The lowest BCUT2D eigenvalue weighted by molar-refractivity contribution is -0.149. The summed E-state index contributed by atoms with van der Waals surface area (Å²) in [5.41, 5.74) is 0.182. The number of benzene rings is 2. The highest BCUT2D eigenvalue weighted by molar-refractivity contribution is 5.80. The van der Waals surface area contributed by atoms with Crippen LogP contribution in [0.2, 0.25) is 0 Å². The third-order valence-electron chi connectivity index (χ3n) is 3.78. The topological polar surface area (TPSA) is 56.8 Å². The Kier molecular flexibility index (Phi) is 6.83. The number of para-hydroxylation sites is 1. The number of esters is 1. The van der Waals surface area contributed by atoms with E-state index in [-0.39, 0.29) is 12.6 Å². The number of carbonyl (C=O) groups excluding carboxylic acids is 1. The summed E-state index contributed by atoms with van der Waals surface area (Å²) >= 11 is 0. The summed E-state index contributed by atoms with van der Waals surface area (Å²) in [6.07, 6.45) is 0. The highest BCUT2D eigenvalue weighted by Crippen LogP contribution is 2.14. The van der Waals surface area contributed by atoms with Crippen molar-refractivity contribution in [2.75, 3.05) is 26.9 Å². The van der Waals surface area contributed by atoms with Crippen molar-refractivity contribution in [1.82, 2.24) is 5.32 Å². The number of carbonyl (C=O) groups is 1. The first-order valence-electron chi connectivity index (χ1n) is 8.24. The van der Waals surface area contributed by atoms with Crippen LogP contribution >= 0.6 is 0 Å². The molecule has 2 aromatic rings. The van der Waals surface area contributed by atoms with Gasteiger partial charge in [-0.1, -0.05) is 30.3 Å². The first-order valence-corrected chi connectivity index (χ1v) is 8.24. The molecule has 25 heavy (non-hydrogen) atoms. The van der Waals surface area contributed by atoms with Crippen LogP contribution in [0.25, 0.3) is 0 Å². The van der Waals surface area contributed by atoms with Gasteiger partial charge in [0.05, 0.1) is 7.11 Å². The van der Waals surface area contributed by atoms with Crippen LogP contribution in [-0.2, 0) is 9.53 Å². The minimum atomic E-state index is -0.958. The Morgan fingerprint density at radius 1 is 1.04 bits per heavy atom. The van der Waals surface area contributed by atoms with Crippen molar-refractivity contribution in [1.29, 1.82) is 0 Å². The maximum atomic E-state index is 12.2. The number of hydrogen-bond donors (Lipinski definition) is 1. The molecule has 0 amide bonds. The second kappa shape index (κ2) is 9.08. The molecule has 0 saturated heterocycles. The van der Waals surface area contributed by atoms with Gasteiger partial charge in [-0.15, -0.1) is 0 Å². The molecular formula is C20H25NO4. The molecule has 0 aliphatic carbocycles. The number of ether oxygens (including phenoxy) is 3. The lowest BCUT2D eigenvalue weighted by atomic mass is 10.0. The van der Waals surface area contributed by atoms with Crippen molar-refractivity contribution < 1.29 is 19.0 Å². The first-order chi connectivity index (χ1) is 12.0. The van der Waals surface area contributed by atoms with Crippen molar-refractivity contribution in [3.63, 3.8) is 0 Å². The predicted octanol–water partition coefficient (Wildman–Crippen LogP) is 2.97. The summed E-state index contributed by atoms with van der Waals surface area (Å²) < 4.78 is 16.3. The van der Waals surface area contributed by atoms with Gasteiger partial charge in [0.2, 0.25) is 0 Å². The standard InChI is InChI=1S/C20H25NO4/c1-16-8-7-11-18(14-16)24-13-12-21-20(2,19(22)23-3)15-25-17-9-5-4-6-10-17/h4-11,14,21H,12-13,15H2,1-3H3/t20-/m0/s1. The van der Waals surface area contributed by atoms with E-state index in [1.165, 1.54) is 7.11 Å². The number of hydrogen-bond acceptors (Lipinski definition) is 5. The zero-order valence-corrected chi connectivity index (χ0v) is 15.0. The van der Waals surface area contributed by atoms with Crippen molar-refractivity contribution in [2.24, 2.45) is 0 Å². The Labute approximate surface area is 148 Å². The van der Waals surface area contributed by atoms with Crippen LogP contribution in [0.5, 0.6) is 11.5 Å². The lowest BCUT2D eigenvalue weighted by Crippen LogP contribution is -2.55. The molecule has 2 rings (SSSR count). The molecule has 1 N–H and O–H groups in total. The van der Waals surface area contributed by atoms with Crippen molar-refractivity contribution >= 4 is 5.97 Å². The monoisotopic (exact) mass is 343 g/mol. The van der Waals surface area contributed by atoms with E-state index >= 15 is 0 Å². The van der Waals surface area contributed by atoms with E-state index in [2.05, 4.69) is 5.32 Å². The smallest absolute Gasteiger partial charge is 0.329 e. The molecule has 5 nitrogen and oxygen atoms in total. The highest BCUT2D eigenvalue weighted by atomic mass is 16.5. The molecule has 0 unspecified atom stereocenters. The summed E-state index contributed by atoms with van der Waals surface area (Å²) in [5, 5.41) is 3.18. The second-order valence-corrected chi connectivity index (χ2v) is 6.02. The average molecular weight is 343 g/mol. The van der Waals surface area contributed by atoms with Crippen LogP contribution in [0, 0.1) is 6.92 Å². The Hall–Kier alpha value is -2.53. The third-order valence-corrected chi connectivity index (χ3v) is 3.78.